The average molecular weight is 266 g/mol. The van der Waals surface area contributed by atoms with Crippen molar-refractivity contribution in [3.8, 4) is 11.3 Å². The van der Waals surface area contributed by atoms with E-state index in [4.69, 9.17) is 20.9 Å². The van der Waals surface area contributed by atoms with Crippen LogP contribution in [0, 0.1) is 0 Å². The van der Waals surface area contributed by atoms with Crippen molar-refractivity contribution in [2.75, 3.05) is 6.61 Å². The molecule has 0 spiro atoms. The van der Waals surface area contributed by atoms with E-state index in [9.17, 15) is 4.79 Å². The van der Waals surface area contributed by atoms with E-state index in [1.165, 1.54) is 0 Å². The Morgan fingerprint density at radius 2 is 2.11 bits per heavy atom. The number of rotatable bonds is 4. The Morgan fingerprint density at radius 3 is 2.83 bits per heavy atom. The molecular formula is C13H12ClNO3. The Labute approximate surface area is 109 Å². The van der Waals surface area contributed by atoms with E-state index < -0.39 is 5.91 Å². The monoisotopic (exact) mass is 265 g/mol. The molecule has 18 heavy (non-hydrogen) atoms. The van der Waals surface area contributed by atoms with E-state index in [1.807, 2.05) is 18.2 Å². The van der Waals surface area contributed by atoms with Crippen molar-refractivity contribution in [2.45, 2.75) is 6.92 Å². The number of benzene rings is 1. The standard InChI is InChI=1S/C13H12ClNO3/c1-2-17-15-13(16)12-8-7-11(18-12)9-5-3-4-6-10(9)14/h3-8H,2H2,1H3,(H,15,16). The van der Waals surface area contributed by atoms with Gasteiger partial charge in [0, 0.05) is 5.56 Å². The summed E-state index contributed by atoms with van der Waals surface area (Å²) in [7, 11) is 0. The number of hydrogen-bond acceptors (Lipinski definition) is 3. The molecule has 0 aliphatic heterocycles. The fourth-order valence-electron chi connectivity index (χ4n) is 1.45. The second-order valence-electron chi connectivity index (χ2n) is 3.51. The third kappa shape index (κ3) is 2.72. The molecule has 0 aliphatic carbocycles. The van der Waals surface area contributed by atoms with E-state index in [-0.39, 0.29) is 5.76 Å². The zero-order valence-electron chi connectivity index (χ0n) is 9.77. The highest BCUT2D eigenvalue weighted by molar-refractivity contribution is 6.33. The van der Waals surface area contributed by atoms with Gasteiger partial charge in [-0.1, -0.05) is 23.7 Å². The Bertz CT molecular complexity index is 551. The molecule has 4 nitrogen and oxygen atoms in total. The molecule has 2 aromatic rings. The first-order valence-corrected chi connectivity index (χ1v) is 5.87. The van der Waals surface area contributed by atoms with Crippen molar-refractivity contribution in [2.24, 2.45) is 0 Å². The molecule has 5 heteroatoms. The predicted molar refractivity (Wildman–Crippen MR) is 68.2 cm³/mol. The van der Waals surface area contributed by atoms with Gasteiger partial charge < -0.3 is 4.42 Å². The summed E-state index contributed by atoms with van der Waals surface area (Å²) < 4.78 is 5.43. The molecule has 0 fully saturated rings. The van der Waals surface area contributed by atoms with Gasteiger partial charge in [-0.3, -0.25) is 9.63 Å². The summed E-state index contributed by atoms with van der Waals surface area (Å²) >= 11 is 6.05. The van der Waals surface area contributed by atoms with Crippen LogP contribution in [0.5, 0.6) is 0 Å². The van der Waals surface area contributed by atoms with Crippen molar-refractivity contribution in [1.82, 2.24) is 5.48 Å². The van der Waals surface area contributed by atoms with E-state index in [0.717, 1.165) is 5.56 Å². The molecule has 0 radical (unpaired) electrons. The van der Waals surface area contributed by atoms with Crippen LogP contribution in [0.15, 0.2) is 40.8 Å². The first-order chi connectivity index (χ1) is 8.72. The van der Waals surface area contributed by atoms with Gasteiger partial charge in [0.05, 0.1) is 11.6 Å². The van der Waals surface area contributed by atoms with Gasteiger partial charge in [-0.2, -0.15) is 0 Å². The molecule has 0 atom stereocenters. The fraction of sp³-hybridized carbons (Fsp3) is 0.154. The third-order valence-corrected chi connectivity index (χ3v) is 2.61. The lowest BCUT2D eigenvalue weighted by Crippen LogP contribution is -2.22. The molecule has 1 N–H and O–H groups in total. The van der Waals surface area contributed by atoms with Gasteiger partial charge in [-0.25, -0.2) is 5.48 Å². The van der Waals surface area contributed by atoms with Gasteiger partial charge in [-0.05, 0) is 31.2 Å². The summed E-state index contributed by atoms with van der Waals surface area (Å²) in [6.07, 6.45) is 0. The van der Waals surface area contributed by atoms with E-state index in [0.29, 0.717) is 17.4 Å². The van der Waals surface area contributed by atoms with Crippen molar-refractivity contribution in [1.29, 1.82) is 0 Å². The van der Waals surface area contributed by atoms with Crippen LogP contribution in [0.25, 0.3) is 11.3 Å². The molecule has 94 valence electrons. The number of nitrogens with one attached hydrogen (secondary N) is 1. The van der Waals surface area contributed by atoms with Crippen LogP contribution in [-0.2, 0) is 4.84 Å². The lowest BCUT2D eigenvalue weighted by molar-refractivity contribution is 0.0341. The zero-order chi connectivity index (χ0) is 13.0. The minimum absolute atomic E-state index is 0.179. The number of halogens is 1. The van der Waals surface area contributed by atoms with Gasteiger partial charge in [-0.15, -0.1) is 0 Å². The highest BCUT2D eigenvalue weighted by Crippen LogP contribution is 2.28. The van der Waals surface area contributed by atoms with Crippen molar-refractivity contribution < 1.29 is 14.0 Å². The maximum atomic E-state index is 11.6. The van der Waals surface area contributed by atoms with Gasteiger partial charge in [0.15, 0.2) is 5.76 Å². The SMILES string of the molecule is CCONC(=O)c1ccc(-c2ccccc2Cl)o1. The first kappa shape index (κ1) is 12.7. The van der Waals surface area contributed by atoms with E-state index >= 15 is 0 Å². The quantitative estimate of drug-likeness (QED) is 0.863. The summed E-state index contributed by atoms with van der Waals surface area (Å²) in [6.45, 7) is 2.17. The minimum atomic E-state index is -0.421. The van der Waals surface area contributed by atoms with Gasteiger partial charge >= 0.3 is 5.91 Å². The average Bonchev–Trinajstić information content (AvgIpc) is 2.86. The number of carbonyl (C=O) groups is 1. The van der Waals surface area contributed by atoms with E-state index in [1.54, 1.807) is 25.1 Å². The second-order valence-corrected chi connectivity index (χ2v) is 3.92. The van der Waals surface area contributed by atoms with Crippen LogP contribution >= 0.6 is 11.6 Å². The van der Waals surface area contributed by atoms with Crippen molar-refractivity contribution in [3.63, 3.8) is 0 Å². The highest BCUT2D eigenvalue weighted by Gasteiger charge is 2.13. The van der Waals surface area contributed by atoms with Gasteiger partial charge in [0.25, 0.3) is 0 Å². The molecule has 0 saturated carbocycles. The lowest BCUT2D eigenvalue weighted by atomic mass is 10.2. The molecule has 0 bridgehead atoms. The number of amides is 1. The molecule has 1 aromatic carbocycles. The molecule has 0 aliphatic rings. The van der Waals surface area contributed by atoms with Crippen molar-refractivity contribution >= 4 is 17.5 Å². The molecule has 0 saturated heterocycles. The maximum absolute atomic E-state index is 11.6. The summed E-state index contributed by atoms with van der Waals surface area (Å²) in [5.74, 6) is 0.302. The van der Waals surface area contributed by atoms with Crippen molar-refractivity contribution in [3.05, 3.63) is 47.2 Å². The smallest absolute Gasteiger partial charge is 0.310 e. The van der Waals surface area contributed by atoms with Crippen LogP contribution in [0.3, 0.4) is 0 Å². The lowest BCUT2D eigenvalue weighted by Gasteiger charge is -2.01. The van der Waals surface area contributed by atoms with Crippen LogP contribution in [0.2, 0.25) is 5.02 Å². The molecule has 1 amide bonds. The fourth-order valence-corrected chi connectivity index (χ4v) is 1.68. The predicted octanol–water partition coefficient (Wildman–Crippen LogP) is 3.28. The summed E-state index contributed by atoms with van der Waals surface area (Å²) in [6, 6.07) is 10.5. The highest BCUT2D eigenvalue weighted by atomic mass is 35.5. The van der Waals surface area contributed by atoms with Gasteiger partial charge in [0.2, 0.25) is 0 Å². The third-order valence-electron chi connectivity index (χ3n) is 2.28. The maximum Gasteiger partial charge on any atom is 0.310 e. The number of furan rings is 1. The summed E-state index contributed by atoms with van der Waals surface area (Å²) in [5.41, 5.74) is 3.01. The molecule has 1 heterocycles. The number of hydrogen-bond donors (Lipinski definition) is 1. The van der Waals surface area contributed by atoms with Crippen LogP contribution in [-0.4, -0.2) is 12.5 Å². The van der Waals surface area contributed by atoms with Gasteiger partial charge in [0.1, 0.15) is 5.76 Å². The Kier molecular flexibility index (Phi) is 4.02. The van der Waals surface area contributed by atoms with Crippen LogP contribution in [0.1, 0.15) is 17.5 Å². The summed E-state index contributed by atoms with van der Waals surface area (Å²) in [4.78, 5) is 16.4. The topological polar surface area (TPSA) is 51.5 Å². The normalized spacial score (nSPS) is 10.3. The Morgan fingerprint density at radius 1 is 1.33 bits per heavy atom. The molecule has 2 rings (SSSR count). The Hall–Kier alpha value is -1.78. The largest absolute Gasteiger partial charge is 0.451 e. The van der Waals surface area contributed by atoms with Crippen LogP contribution in [0.4, 0.5) is 0 Å². The minimum Gasteiger partial charge on any atom is -0.451 e. The summed E-state index contributed by atoms with van der Waals surface area (Å²) in [5, 5.41) is 0.573. The van der Waals surface area contributed by atoms with Crippen LogP contribution < -0.4 is 5.48 Å². The zero-order valence-corrected chi connectivity index (χ0v) is 10.5. The second kappa shape index (κ2) is 5.71. The van der Waals surface area contributed by atoms with E-state index in [2.05, 4.69) is 5.48 Å². The first-order valence-electron chi connectivity index (χ1n) is 5.49. The molecule has 1 aromatic heterocycles. The Balaban J connectivity index is 2.21. The molecular weight excluding hydrogens is 254 g/mol. The number of hydroxylamine groups is 1. The number of carbonyl (C=O) groups excluding carboxylic acids is 1. The molecule has 0 unspecified atom stereocenters.